The highest BCUT2D eigenvalue weighted by atomic mass is 35.5. The fraction of sp³-hybridized carbons (Fsp3) is 0.222. The van der Waals surface area contributed by atoms with Gasteiger partial charge in [-0.1, -0.05) is 29.3 Å². The molecule has 0 aliphatic carbocycles. The van der Waals surface area contributed by atoms with Crippen molar-refractivity contribution in [1.82, 2.24) is 0 Å². The van der Waals surface area contributed by atoms with Gasteiger partial charge in [0.2, 0.25) is 0 Å². The predicted molar refractivity (Wildman–Crippen MR) is 97.3 cm³/mol. The predicted octanol–water partition coefficient (Wildman–Crippen LogP) is 4.25. The van der Waals surface area contributed by atoms with Crippen molar-refractivity contribution in [3.63, 3.8) is 0 Å². The Morgan fingerprint density at radius 2 is 1.80 bits per heavy atom. The molecular formula is C18H17Cl2NO4. The fourth-order valence-corrected chi connectivity index (χ4v) is 2.19. The normalized spacial score (nSPS) is 11.5. The molecule has 0 aliphatic heterocycles. The standard InChI is InChI=1S/C18H17Cl2NO4/c1-11-3-6-14(9-16(11)20)21-17(22)10-24-18(23)12(2)25-15-7-4-13(19)5-8-15/h3-9,12H,10H2,1-2H3,(H,21,22)/t12-/m1/s1. The SMILES string of the molecule is Cc1ccc(NC(=O)COC(=O)[C@@H](C)Oc2ccc(Cl)cc2)cc1Cl. The molecule has 0 saturated carbocycles. The number of ether oxygens (including phenoxy) is 2. The van der Waals surface area contributed by atoms with Crippen LogP contribution in [0.3, 0.4) is 0 Å². The van der Waals surface area contributed by atoms with Crippen molar-refractivity contribution >= 4 is 40.8 Å². The first-order chi connectivity index (χ1) is 11.8. The van der Waals surface area contributed by atoms with E-state index in [1.165, 1.54) is 6.92 Å². The molecule has 7 heteroatoms. The summed E-state index contributed by atoms with van der Waals surface area (Å²) >= 11 is 11.8. The number of amides is 1. The number of aryl methyl sites for hydroxylation is 1. The molecule has 2 aromatic carbocycles. The van der Waals surface area contributed by atoms with Crippen LogP contribution in [0, 0.1) is 6.92 Å². The van der Waals surface area contributed by atoms with Gasteiger partial charge in [0.15, 0.2) is 12.7 Å². The third kappa shape index (κ3) is 5.96. The summed E-state index contributed by atoms with van der Waals surface area (Å²) in [6, 6.07) is 11.7. The van der Waals surface area contributed by atoms with Gasteiger partial charge >= 0.3 is 5.97 Å². The lowest BCUT2D eigenvalue weighted by Crippen LogP contribution is -2.29. The van der Waals surface area contributed by atoms with Crippen molar-refractivity contribution in [3.8, 4) is 5.75 Å². The van der Waals surface area contributed by atoms with E-state index >= 15 is 0 Å². The number of nitrogens with one attached hydrogen (secondary N) is 1. The number of anilines is 1. The van der Waals surface area contributed by atoms with E-state index in [-0.39, 0.29) is 0 Å². The quantitative estimate of drug-likeness (QED) is 0.759. The molecule has 0 unspecified atom stereocenters. The molecule has 0 aromatic heterocycles. The molecule has 1 N–H and O–H groups in total. The average Bonchev–Trinajstić information content (AvgIpc) is 2.58. The molecule has 0 bridgehead atoms. The van der Waals surface area contributed by atoms with Crippen LogP contribution < -0.4 is 10.1 Å². The first kappa shape index (κ1) is 19.1. The van der Waals surface area contributed by atoms with Gasteiger partial charge in [0.05, 0.1) is 0 Å². The zero-order valence-electron chi connectivity index (χ0n) is 13.7. The third-order valence-corrected chi connectivity index (χ3v) is 3.92. The van der Waals surface area contributed by atoms with Gasteiger partial charge in [0, 0.05) is 15.7 Å². The van der Waals surface area contributed by atoms with Crippen molar-refractivity contribution in [1.29, 1.82) is 0 Å². The number of rotatable bonds is 6. The molecule has 132 valence electrons. The third-order valence-electron chi connectivity index (χ3n) is 3.26. The average molecular weight is 382 g/mol. The van der Waals surface area contributed by atoms with Crippen molar-refractivity contribution in [3.05, 3.63) is 58.1 Å². The number of benzene rings is 2. The molecule has 25 heavy (non-hydrogen) atoms. The van der Waals surface area contributed by atoms with Crippen LogP contribution in [0.1, 0.15) is 12.5 Å². The van der Waals surface area contributed by atoms with Gasteiger partial charge in [-0.2, -0.15) is 0 Å². The van der Waals surface area contributed by atoms with E-state index in [9.17, 15) is 9.59 Å². The van der Waals surface area contributed by atoms with Gasteiger partial charge in [-0.05, 0) is 55.8 Å². The van der Waals surface area contributed by atoms with Crippen LogP contribution in [0.5, 0.6) is 5.75 Å². The molecule has 1 atom stereocenters. The lowest BCUT2D eigenvalue weighted by molar-refractivity contribution is -0.153. The Labute approximate surface area is 155 Å². The summed E-state index contributed by atoms with van der Waals surface area (Å²) in [7, 11) is 0. The maximum absolute atomic E-state index is 11.9. The second-order valence-corrected chi connectivity index (χ2v) is 6.18. The fourth-order valence-electron chi connectivity index (χ4n) is 1.89. The summed E-state index contributed by atoms with van der Waals surface area (Å²) in [6.07, 6.45) is -0.859. The highest BCUT2D eigenvalue weighted by Gasteiger charge is 2.18. The van der Waals surface area contributed by atoms with Gasteiger partial charge < -0.3 is 14.8 Å². The summed E-state index contributed by atoms with van der Waals surface area (Å²) in [5, 5.41) is 3.71. The first-order valence-corrected chi connectivity index (χ1v) is 8.25. The molecule has 0 spiro atoms. The largest absolute Gasteiger partial charge is 0.479 e. The Morgan fingerprint density at radius 3 is 2.44 bits per heavy atom. The molecule has 0 fully saturated rings. The van der Waals surface area contributed by atoms with E-state index in [0.717, 1.165) is 5.56 Å². The van der Waals surface area contributed by atoms with Crippen LogP contribution in [-0.4, -0.2) is 24.6 Å². The van der Waals surface area contributed by atoms with E-state index in [4.69, 9.17) is 32.7 Å². The molecule has 5 nitrogen and oxygen atoms in total. The Hall–Kier alpha value is -2.24. The van der Waals surface area contributed by atoms with Crippen LogP contribution >= 0.6 is 23.2 Å². The highest BCUT2D eigenvalue weighted by Crippen LogP contribution is 2.20. The van der Waals surface area contributed by atoms with E-state index in [1.54, 1.807) is 42.5 Å². The number of carbonyl (C=O) groups is 2. The zero-order valence-corrected chi connectivity index (χ0v) is 15.2. The summed E-state index contributed by atoms with van der Waals surface area (Å²) in [5.74, 6) is -0.633. The maximum atomic E-state index is 11.9. The van der Waals surface area contributed by atoms with Crippen molar-refractivity contribution in [2.45, 2.75) is 20.0 Å². The lowest BCUT2D eigenvalue weighted by Gasteiger charge is -2.14. The second kappa shape index (κ2) is 8.74. The van der Waals surface area contributed by atoms with Crippen molar-refractivity contribution < 1.29 is 19.1 Å². The molecule has 2 rings (SSSR count). The zero-order chi connectivity index (χ0) is 18.4. The number of hydrogen-bond acceptors (Lipinski definition) is 4. The lowest BCUT2D eigenvalue weighted by atomic mass is 10.2. The molecule has 2 aromatic rings. The van der Waals surface area contributed by atoms with Crippen molar-refractivity contribution in [2.24, 2.45) is 0 Å². The van der Waals surface area contributed by atoms with Gasteiger partial charge in [0.25, 0.3) is 5.91 Å². The minimum atomic E-state index is -0.859. The maximum Gasteiger partial charge on any atom is 0.347 e. The number of carbonyl (C=O) groups excluding carboxylic acids is 2. The molecule has 0 heterocycles. The van der Waals surface area contributed by atoms with E-state index in [1.807, 2.05) is 6.92 Å². The van der Waals surface area contributed by atoms with Gasteiger partial charge in [0.1, 0.15) is 5.75 Å². The van der Waals surface area contributed by atoms with Crippen LogP contribution in [0.2, 0.25) is 10.0 Å². The van der Waals surface area contributed by atoms with Gasteiger partial charge in [-0.25, -0.2) is 4.79 Å². The van der Waals surface area contributed by atoms with E-state index in [2.05, 4.69) is 5.32 Å². The summed E-state index contributed by atoms with van der Waals surface area (Å²) in [6.45, 7) is 2.98. The number of halogens is 2. The van der Waals surface area contributed by atoms with Gasteiger partial charge in [-0.3, -0.25) is 4.79 Å². The van der Waals surface area contributed by atoms with Crippen LogP contribution in [0.25, 0.3) is 0 Å². The number of esters is 1. The van der Waals surface area contributed by atoms with Crippen molar-refractivity contribution in [2.75, 3.05) is 11.9 Å². The monoisotopic (exact) mass is 381 g/mol. The summed E-state index contributed by atoms with van der Waals surface area (Å²) < 4.78 is 10.4. The minimum Gasteiger partial charge on any atom is -0.479 e. The molecule has 0 radical (unpaired) electrons. The van der Waals surface area contributed by atoms with E-state index in [0.29, 0.717) is 21.5 Å². The molecule has 0 saturated heterocycles. The second-order valence-electron chi connectivity index (χ2n) is 5.33. The summed E-state index contributed by atoms with van der Waals surface area (Å²) in [4.78, 5) is 23.7. The topological polar surface area (TPSA) is 64.6 Å². The number of hydrogen-bond donors (Lipinski definition) is 1. The summed E-state index contributed by atoms with van der Waals surface area (Å²) in [5.41, 5.74) is 1.43. The first-order valence-electron chi connectivity index (χ1n) is 7.50. The Kier molecular flexibility index (Phi) is 6.67. The Balaban J connectivity index is 1.80. The molecule has 0 aliphatic rings. The Bertz CT molecular complexity index is 762. The smallest absolute Gasteiger partial charge is 0.347 e. The molecule has 1 amide bonds. The van der Waals surface area contributed by atoms with Crippen LogP contribution in [-0.2, 0) is 14.3 Å². The highest BCUT2D eigenvalue weighted by molar-refractivity contribution is 6.31. The van der Waals surface area contributed by atoms with Crippen LogP contribution in [0.15, 0.2) is 42.5 Å². The van der Waals surface area contributed by atoms with Gasteiger partial charge in [-0.15, -0.1) is 0 Å². The van der Waals surface area contributed by atoms with Crippen LogP contribution in [0.4, 0.5) is 5.69 Å². The minimum absolute atomic E-state index is 0.418. The molecular weight excluding hydrogens is 365 g/mol. The van der Waals surface area contributed by atoms with E-state index < -0.39 is 24.6 Å². The Morgan fingerprint density at radius 1 is 1.12 bits per heavy atom.